The molecule has 0 bridgehead atoms. The number of para-hydroxylation sites is 3. The number of thiophene rings is 1. The van der Waals surface area contributed by atoms with E-state index in [0.29, 0.717) is 11.3 Å². The van der Waals surface area contributed by atoms with Crippen LogP contribution in [-0.2, 0) is 0 Å². The second-order valence-electron chi connectivity index (χ2n) is 13.2. The summed E-state index contributed by atoms with van der Waals surface area (Å²) >= 11 is 0.558. The average molecular weight is 803 g/mol. The maximum atomic E-state index is 10.3. The second kappa shape index (κ2) is 12.5. The topological polar surface area (TPSA) is 39.4 Å². The van der Waals surface area contributed by atoms with E-state index < -0.39 is 270 Å². The van der Waals surface area contributed by atoms with Gasteiger partial charge in [-0.1, -0.05) is 157 Å². The van der Waals surface area contributed by atoms with Gasteiger partial charge in [0.05, 0.1) is 41.1 Å². The molecule has 276 valence electrons. The molecule has 1 unspecified atom stereocenters. The summed E-state index contributed by atoms with van der Waals surface area (Å²) in [5.74, 6) is -2.29. The molecule has 0 saturated heterocycles. The third-order valence-corrected chi connectivity index (χ3v) is 11.2. The first kappa shape index (κ1) is 15.1. The molecule has 3 nitrogen and oxygen atoms in total. The summed E-state index contributed by atoms with van der Waals surface area (Å²) < 4.78 is 291. The highest BCUT2D eigenvalue weighted by atomic mass is 32.1. The van der Waals surface area contributed by atoms with Crippen molar-refractivity contribution in [3.8, 4) is 22.3 Å². The predicted molar refractivity (Wildman–Crippen MR) is 246 cm³/mol. The predicted octanol–water partition coefficient (Wildman–Crippen LogP) is 16.3. The summed E-state index contributed by atoms with van der Waals surface area (Å²) in [6, 6.07) is -24.3. The molecule has 1 atom stereocenters. The Kier molecular flexibility index (Phi) is 3.21. The van der Waals surface area contributed by atoms with Crippen molar-refractivity contribution < 1.29 is 54.4 Å². The third kappa shape index (κ3) is 4.87. The van der Waals surface area contributed by atoms with E-state index in [-0.39, 0.29) is 41.9 Å². The summed E-state index contributed by atoms with van der Waals surface area (Å²) in [4.78, 5) is 0. The van der Waals surface area contributed by atoms with E-state index in [4.69, 9.17) is 36.6 Å². The van der Waals surface area contributed by atoms with Gasteiger partial charge in [-0.05, 0) is 58.1 Å². The number of fused-ring (bicyclic) bond motifs is 12. The molecule has 4 heteroatoms. The van der Waals surface area contributed by atoms with Crippen LogP contribution in [0.2, 0.25) is 0 Å². The van der Waals surface area contributed by atoms with Crippen LogP contribution in [0.15, 0.2) is 201 Å². The van der Waals surface area contributed by atoms with Gasteiger partial charge in [-0.3, -0.25) is 0 Å². The van der Waals surface area contributed by atoms with Gasteiger partial charge in [-0.15, -0.1) is 11.3 Å². The number of furan rings is 3. The monoisotopic (exact) mass is 802 g/mol. The van der Waals surface area contributed by atoms with Crippen LogP contribution >= 0.6 is 11.3 Å². The molecule has 0 spiro atoms. The van der Waals surface area contributed by atoms with E-state index in [2.05, 4.69) is 0 Å². The van der Waals surface area contributed by atoms with Crippen molar-refractivity contribution in [2.75, 3.05) is 0 Å². The molecular weight excluding hydrogens is 741 g/mol. The summed E-state index contributed by atoms with van der Waals surface area (Å²) in [5.41, 5.74) is -7.87. The number of hydrogen-bond acceptors (Lipinski definition) is 4. The Labute approximate surface area is 384 Å². The van der Waals surface area contributed by atoms with Crippen LogP contribution in [-0.4, -0.2) is 0 Å². The molecule has 0 aliphatic carbocycles. The van der Waals surface area contributed by atoms with Gasteiger partial charge in [0.25, 0.3) is 0 Å². The van der Waals surface area contributed by atoms with E-state index in [1.807, 2.05) is 0 Å². The Morgan fingerprint density at radius 2 is 1.07 bits per heavy atom. The lowest BCUT2D eigenvalue weighted by molar-refractivity contribution is 0.662. The summed E-state index contributed by atoms with van der Waals surface area (Å²) in [6.07, 6.45) is 0. The first-order valence-electron chi connectivity index (χ1n) is 32.6. The highest BCUT2D eigenvalue weighted by Crippen LogP contribution is 2.49. The lowest BCUT2D eigenvalue weighted by Crippen LogP contribution is -2.03. The van der Waals surface area contributed by atoms with Crippen molar-refractivity contribution in [2.24, 2.45) is 0 Å². The lowest BCUT2D eigenvalue weighted by Gasteiger charge is -2.20. The highest BCUT2D eigenvalue weighted by molar-refractivity contribution is 7.26. The molecule has 4 aromatic heterocycles. The summed E-state index contributed by atoms with van der Waals surface area (Å²) in [6.45, 7) is 0. The molecule has 0 N–H and O–H groups in total. The van der Waals surface area contributed by atoms with Crippen LogP contribution in [0.25, 0.3) is 108 Å². The molecule has 0 amide bonds. The Balaban J connectivity index is 1.24. The maximum absolute atomic E-state index is 10.3. The minimum absolute atomic E-state index is 0.222. The van der Waals surface area contributed by atoms with Gasteiger partial charge in [-0.2, -0.15) is 0 Å². The maximum Gasteiger partial charge on any atom is 0.144 e. The first-order chi connectivity index (χ1) is 41.7. The molecule has 0 aliphatic rings. The normalized spacial score (nSPS) is 19.8. The van der Waals surface area contributed by atoms with Gasteiger partial charge in [0.2, 0.25) is 0 Å². The molecular formula is C55H32O3S. The average Bonchev–Trinajstić information content (AvgIpc) is 1.69. The zero-order chi connectivity index (χ0) is 64.7. The van der Waals surface area contributed by atoms with Crippen LogP contribution in [0.1, 0.15) is 63.7 Å². The fourth-order valence-corrected chi connectivity index (χ4v) is 8.63. The second-order valence-corrected chi connectivity index (χ2v) is 14.2. The Bertz CT molecular complexity index is 5520. The fraction of sp³-hybridized carbons (Fsp3) is 0.0182. The molecule has 13 aromatic rings. The van der Waals surface area contributed by atoms with E-state index in [9.17, 15) is 17.8 Å². The van der Waals surface area contributed by atoms with Gasteiger partial charge in [0, 0.05) is 69.5 Å². The number of benzene rings is 9. The Morgan fingerprint density at radius 3 is 1.93 bits per heavy atom. The number of hydrogen-bond donors (Lipinski definition) is 0. The molecule has 0 fully saturated rings. The van der Waals surface area contributed by atoms with Crippen molar-refractivity contribution in [1.29, 1.82) is 0 Å². The lowest BCUT2D eigenvalue weighted by atomic mass is 9.83. The van der Waals surface area contributed by atoms with E-state index in [1.54, 1.807) is 0 Å². The minimum atomic E-state index is -2.29. The summed E-state index contributed by atoms with van der Waals surface area (Å²) in [5, 5.41) is -2.89. The molecule has 0 aliphatic heterocycles. The van der Waals surface area contributed by atoms with Crippen LogP contribution in [0.4, 0.5) is 0 Å². The van der Waals surface area contributed by atoms with Gasteiger partial charge in [0.1, 0.15) is 33.5 Å². The Hall–Kier alpha value is -7.40. The van der Waals surface area contributed by atoms with Crippen molar-refractivity contribution in [1.82, 2.24) is 0 Å². The molecule has 0 radical (unpaired) electrons. The van der Waals surface area contributed by atoms with Crippen molar-refractivity contribution >= 4 is 97.3 Å². The first-order valence-corrected chi connectivity index (χ1v) is 18.4. The quantitative estimate of drug-likeness (QED) is 0.163. The standard InChI is InChI=1S/C55H32O3S/c1-2-12-32(13-3-1)33-24-26-34(27-25-33)50(43-20-11-18-40-38-15-6-9-23-49(38)59-55(40)43)35-28-29-37-44-31-48-51(41-16-5-8-22-46(41)56-48)52(54(44)58-47(37)30-35)42-19-10-17-39-36-14-4-7-21-45(36)57-53(39)42/h1-31,50H/i1D,2D,3D,4D,5D,6D,7D,8D,9D,10D,11D,12D,13D,14D,15D,16D,17D,18D,19D,20D,21D,22D,23D,24D,25D,26D,27D,28D,29D,30D. The largest absolute Gasteiger partial charge is 0.456 e. The summed E-state index contributed by atoms with van der Waals surface area (Å²) in [7, 11) is 0. The number of rotatable bonds is 5. The molecule has 4 heterocycles. The highest BCUT2D eigenvalue weighted by Gasteiger charge is 2.26. The van der Waals surface area contributed by atoms with Crippen LogP contribution < -0.4 is 0 Å². The minimum Gasteiger partial charge on any atom is -0.456 e. The van der Waals surface area contributed by atoms with Crippen molar-refractivity contribution in [3.63, 3.8) is 0 Å². The fourth-order valence-electron chi connectivity index (χ4n) is 7.53. The van der Waals surface area contributed by atoms with Crippen molar-refractivity contribution in [2.45, 2.75) is 5.92 Å². The van der Waals surface area contributed by atoms with Gasteiger partial charge < -0.3 is 13.3 Å². The van der Waals surface area contributed by atoms with Crippen LogP contribution in [0, 0.1) is 0 Å². The van der Waals surface area contributed by atoms with Gasteiger partial charge in [0.15, 0.2) is 0 Å². The van der Waals surface area contributed by atoms with E-state index in [1.165, 1.54) is 6.07 Å². The zero-order valence-electron chi connectivity index (χ0n) is 59.3. The third-order valence-electron chi connectivity index (χ3n) is 10.0. The Morgan fingerprint density at radius 1 is 0.424 bits per heavy atom. The smallest absolute Gasteiger partial charge is 0.144 e. The van der Waals surface area contributed by atoms with Gasteiger partial charge >= 0.3 is 0 Å². The molecule has 0 saturated carbocycles. The van der Waals surface area contributed by atoms with Gasteiger partial charge in [-0.25, -0.2) is 0 Å². The zero-order valence-corrected chi connectivity index (χ0v) is 30.1. The molecule has 13 rings (SSSR count). The van der Waals surface area contributed by atoms with E-state index in [0.717, 1.165) is 0 Å². The molecule has 59 heavy (non-hydrogen) atoms. The van der Waals surface area contributed by atoms with Crippen LogP contribution in [0.3, 0.4) is 0 Å². The van der Waals surface area contributed by atoms with Crippen molar-refractivity contribution in [3.05, 3.63) is 204 Å². The molecule has 9 aromatic carbocycles. The van der Waals surface area contributed by atoms with E-state index >= 15 is 0 Å². The SMILES string of the molecule is [2H]c1c([2H])c([2H])c(-c2c([2H])c([2H])c(C(c3c([2H])c([2H])c4c(oc5c(-c6c([2H])c([2H])c([2H])c7c6oc6c([2H])c([2H])c([2H])c([2H])c67)c6c(cc54)oc4c([2H])c([2H])c([2H])c([2H])c46)c3[2H])c3c([2H])c([2H])c([2H])c4c3sc3c([2H])c([2H])c([2H])c([2H])c34)c([2H])c2[2H])c([2H])c1[2H]. The van der Waals surface area contributed by atoms with Crippen LogP contribution in [0.5, 0.6) is 0 Å².